The average Bonchev–Trinajstić information content (AvgIpc) is 2.75. The van der Waals surface area contributed by atoms with Crippen LogP contribution in [-0.2, 0) is 0 Å². The summed E-state index contributed by atoms with van der Waals surface area (Å²) in [5.41, 5.74) is 3.69. The molecule has 2 nitrogen and oxygen atoms in total. The zero-order valence-corrected chi connectivity index (χ0v) is 10.9. The number of anilines is 1. The fraction of sp³-hybridized carbons (Fsp3) is 0.182. The molecular formula is C11H10Cl2N2S. The van der Waals surface area contributed by atoms with Crippen LogP contribution in [0.3, 0.4) is 0 Å². The molecule has 0 radical (unpaired) electrons. The summed E-state index contributed by atoms with van der Waals surface area (Å²) in [6.45, 7) is 2.04. The maximum absolute atomic E-state index is 6.07. The molecule has 0 bridgehead atoms. The lowest BCUT2D eigenvalue weighted by molar-refractivity contribution is 0.850. The summed E-state index contributed by atoms with van der Waals surface area (Å²) in [4.78, 5) is 4.25. The van der Waals surface area contributed by atoms with Gasteiger partial charge in [0.25, 0.3) is 0 Å². The van der Waals surface area contributed by atoms with E-state index in [-0.39, 0.29) is 6.04 Å². The van der Waals surface area contributed by atoms with Crippen LogP contribution in [0.2, 0.25) is 10.0 Å². The topological polar surface area (TPSA) is 24.9 Å². The molecule has 84 valence electrons. The Hall–Kier alpha value is -0.770. The smallest absolute Gasteiger partial charge is 0.0795 e. The number of rotatable bonds is 3. The summed E-state index contributed by atoms with van der Waals surface area (Å²) < 4.78 is 0. The lowest BCUT2D eigenvalue weighted by Gasteiger charge is -2.14. The lowest BCUT2D eigenvalue weighted by Crippen LogP contribution is -2.07. The first-order valence-corrected chi connectivity index (χ1v) is 6.46. The Kier molecular flexibility index (Phi) is 3.69. The fourth-order valence-corrected chi connectivity index (χ4v) is 2.46. The van der Waals surface area contributed by atoms with Crippen molar-refractivity contribution < 1.29 is 0 Å². The predicted molar refractivity (Wildman–Crippen MR) is 70.6 cm³/mol. The lowest BCUT2D eigenvalue weighted by atomic mass is 10.2. The third-order valence-corrected chi connectivity index (χ3v) is 3.35. The van der Waals surface area contributed by atoms with Crippen molar-refractivity contribution in [3.05, 3.63) is 44.8 Å². The summed E-state index contributed by atoms with van der Waals surface area (Å²) in [5, 5.41) is 6.56. The molecule has 0 fully saturated rings. The van der Waals surface area contributed by atoms with Gasteiger partial charge in [0, 0.05) is 10.4 Å². The van der Waals surface area contributed by atoms with Gasteiger partial charge in [-0.3, -0.25) is 0 Å². The summed E-state index contributed by atoms with van der Waals surface area (Å²) >= 11 is 13.5. The van der Waals surface area contributed by atoms with Crippen molar-refractivity contribution in [2.75, 3.05) is 5.32 Å². The Balaban J connectivity index is 2.15. The zero-order chi connectivity index (χ0) is 11.5. The zero-order valence-electron chi connectivity index (χ0n) is 8.58. The molecule has 0 saturated heterocycles. The van der Waals surface area contributed by atoms with Crippen LogP contribution in [0.25, 0.3) is 0 Å². The Morgan fingerprint density at radius 3 is 2.81 bits per heavy atom. The highest BCUT2D eigenvalue weighted by Crippen LogP contribution is 2.28. The van der Waals surface area contributed by atoms with Crippen molar-refractivity contribution in [2.45, 2.75) is 13.0 Å². The van der Waals surface area contributed by atoms with E-state index in [9.17, 15) is 0 Å². The summed E-state index contributed by atoms with van der Waals surface area (Å²) in [6.07, 6.45) is 0. The van der Waals surface area contributed by atoms with Gasteiger partial charge in [-0.2, -0.15) is 0 Å². The second kappa shape index (κ2) is 5.04. The number of aromatic nitrogens is 1. The first-order valence-electron chi connectivity index (χ1n) is 4.76. The normalized spacial score (nSPS) is 12.4. The van der Waals surface area contributed by atoms with Crippen LogP contribution in [0.15, 0.2) is 29.1 Å². The molecule has 1 unspecified atom stereocenters. The first kappa shape index (κ1) is 11.7. The van der Waals surface area contributed by atoms with E-state index in [2.05, 4.69) is 10.3 Å². The van der Waals surface area contributed by atoms with Crippen molar-refractivity contribution in [1.82, 2.24) is 4.98 Å². The van der Waals surface area contributed by atoms with Gasteiger partial charge in [-0.1, -0.05) is 23.2 Å². The van der Waals surface area contributed by atoms with Crippen molar-refractivity contribution in [3.8, 4) is 0 Å². The van der Waals surface area contributed by atoms with E-state index in [1.165, 1.54) is 0 Å². The van der Waals surface area contributed by atoms with Gasteiger partial charge in [0.1, 0.15) is 0 Å². The molecule has 2 rings (SSSR count). The van der Waals surface area contributed by atoms with Gasteiger partial charge >= 0.3 is 0 Å². The molecule has 0 saturated carbocycles. The number of hydrogen-bond acceptors (Lipinski definition) is 3. The second-order valence-corrected chi connectivity index (χ2v) is 4.97. The highest BCUT2D eigenvalue weighted by Gasteiger charge is 2.09. The van der Waals surface area contributed by atoms with E-state index in [1.807, 2.05) is 29.9 Å². The van der Waals surface area contributed by atoms with Crippen LogP contribution in [0.4, 0.5) is 5.69 Å². The number of thiazole rings is 1. The van der Waals surface area contributed by atoms with Crippen LogP contribution >= 0.6 is 34.5 Å². The highest BCUT2D eigenvalue weighted by atomic mass is 35.5. The maximum atomic E-state index is 6.07. The maximum Gasteiger partial charge on any atom is 0.0795 e. The molecular weight excluding hydrogens is 263 g/mol. The molecule has 1 aromatic heterocycles. The quantitative estimate of drug-likeness (QED) is 0.882. The van der Waals surface area contributed by atoms with Crippen molar-refractivity contribution in [2.24, 2.45) is 0 Å². The predicted octanol–water partition coefficient (Wildman–Crippen LogP) is 4.62. The average molecular weight is 273 g/mol. The standard InChI is InChI=1S/C11H10Cl2N2S/c1-7(11-5-16-6-14-11)15-10-3-2-8(12)4-9(10)13/h2-7,15H,1H3. The van der Waals surface area contributed by atoms with Gasteiger partial charge in [-0.25, -0.2) is 4.98 Å². The number of nitrogens with one attached hydrogen (secondary N) is 1. The van der Waals surface area contributed by atoms with Crippen LogP contribution in [0.1, 0.15) is 18.7 Å². The molecule has 1 aromatic carbocycles. The third-order valence-electron chi connectivity index (χ3n) is 2.20. The molecule has 0 amide bonds. The minimum atomic E-state index is 0.130. The van der Waals surface area contributed by atoms with Crippen molar-refractivity contribution in [3.63, 3.8) is 0 Å². The van der Waals surface area contributed by atoms with Crippen molar-refractivity contribution >= 4 is 40.2 Å². The molecule has 5 heteroatoms. The monoisotopic (exact) mass is 272 g/mol. The molecule has 1 heterocycles. The molecule has 0 spiro atoms. The largest absolute Gasteiger partial charge is 0.376 e. The molecule has 1 N–H and O–H groups in total. The van der Waals surface area contributed by atoms with Gasteiger partial charge in [0.05, 0.1) is 28.0 Å². The van der Waals surface area contributed by atoms with Crippen LogP contribution < -0.4 is 5.32 Å². The Morgan fingerprint density at radius 1 is 1.38 bits per heavy atom. The van der Waals surface area contributed by atoms with Crippen LogP contribution in [0, 0.1) is 0 Å². The fourth-order valence-electron chi connectivity index (χ4n) is 1.35. The first-order chi connectivity index (χ1) is 7.66. The Morgan fingerprint density at radius 2 is 2.19 bits per heavy atom. The van der Waals surface area contributed by atoms with Gasteiger partial charge in [0.2, 0.25) is 0 Å². The van der Waals surface area contributed by atoms with Crippen LogP contribution in [-0.4, -0.2) is 4.98 Å². The van der Waals surface area contributed by atoms with Crippen molar-refractivity contribution in [1.29, 1.82) is 0 Å². The van der Waals surface area contributed by atoms with Crippen LogP contribution in [0.5, 0.6) is 0 Å². The second-order valence-electron chi connectivity index (χ2n) is 3.40. The third kappa shape index (κ3) is 2.67. The van der Waals surface area contributed by atoms with E-state index >= 15 is 0 Å². The van der Waals surface area contributed by atoms with Gasteiger partial charge in [0.15, 0.2) is 0 Å². The SMILES string of the molecule is CC(Nc1ccc(Cl)cc1Cl)c1cscn1. The minimum absolute atomic E-state index is 0.130. The van der Waals surface area contributed by atoms with E-state index < -0.39 is 0 Å². The number of nitrogens with zero attached hydrogens (tertiary/aromatic N) is 1. The van der Waals surface area contributed by atoms with Gasteiger partial charge in [-0.05, 0) is 25.1 Å². The number of halogens is 2. The molecule has 0 aliphatic heterocycles. The molecule has 1 atom stereocenters. The van der Waals surface area contributed by atoms with E-state index in [0.29, 0.717) is 10.0 Å². The molecule has 0 aliphatic rings. The minimum Gasteiger partial charge on any atom is -0.376 e. The highest BCUT2D eigenvalue weighted by molar-refractivity contribution is 7.07. The van der Waals surface area contributed by atoms with E-state index in [0.717, 1.165) is 11.4 Å². The number of hydrogen-bond donors (Lipinski definition) is 1. The Labute approximate surface area is 108 Å². The Bertz CT molecular complexity index is 471. The molecule has 2 aromatic rings. The van der Waals surface area contributed by atoms with Gasteiger partial charge < -0.3 is 5.32 Å². The van der Waals surface area contributed by atoms with E-state index in [1.54, 1.807) is 17.4 Å². The van der Waals surface area contributed by atoms with Gasteiger partial charge in [-0.15, -0.1) is 11.3 Å². The summed E-state index contributed by atoms with van der Waals surface area (Å²) in [7, 11) is 0. The number of benzene rings is 1. The molecule has 0 aliphatic carbocycles. The summed E-state index contributed by atoms with van der Waals surface area (Å²) in [5.74, 6) is 0. The molecule has 16 heavy (non-hydrogen) atoms. The summed E-state index contributed by atoms with van der Waals surface area (Å²) in [6, 6.07) is 5.53. The van der Waals surface area contributed by atoms with E-state index in [4.69, 9.17) is 23.2 Å².